The highest BCUT2D eigenvalue weighted by Crippen LogP contribution is 2.57. The number of nitrogens with two attached hydrogens (primary N) is 1. The van der Waals surface area contributed by atoms with Crippen molar-refractivity contribution in [2.75, 3.05) is 18.0 Å². The van der Waals surface area contributed by atoms with Gasteiger partial charge in [-0.1, -0.05) is 17.7 Å². The van der Waals surface area contributed by atoms with Crippen molar-refractivity contribution >= 4 is 50.8 Å². The Morgan fingerprint density at radius 3 is 2.69 bits per heavy atom. The van der Waals surface area contributed by atoms with Gasteiger partial charge in [0, 0.05) is 67.2 Å². The lowest BCUT2D eigenvalue weighted by Gasteiger charge is -2.24. The molecule has 1 saturated carbocycles. The van der Waals surface area contributed by atoms with Crippen LogP contribution in [0.4, 0.5) is 5.95 Å². The van der Waals surface area contributed by atoms with Gasteiger partial charge in [-0.3, -0.25) is 14.0 Å². The second kappa shape index (κ2) is 7.64. The van der Waals surface area contributed by atoms with E-state index in [1.165, 1.54) is 0 Å². The zero-order valence-corrected chi connectivity index (χ0v) is 21.6. The summed E-state index contributed by atoms with van der Waals surface area (Å²) in [5, 5.41) is 9.46. The van der Waals surface area contributed by atoms with Gasteiger partial charge in [-0.2, -0.15) is 10.1 Å². The maximum atomic E-state index is 13.6. The molecule has 5 heterocycles. The van der Waals surface area contributed by atoms with E-state index in [4.69, 9.17) is 22.3 Å². The van der Waals surface area contributed by atoms with Crippen molar-refractivity contribution in [2.45, 2.75) is 13.0 Å². The number of anilines is 1. The second-order valence-corrected chi connectivity index (χ2v) is 11.3. The molecule has 1 aliphatic heterocycles. The predicted octanol–water partition coefficient (Wildman–Crippen LogP) is 3.62. The number of thiazole rings is 1. The number of fused-ring (bicyclic) bond motifs is 3. The van der Waals surface area contributed by atoms with E-state index in [-0.39, 0.29) is 11.6 Å². The number of nitrogens with zero attached hydrogens (tertiary/aromatic N) is 6. The number of piperidine rings is 1. The number of rotatable bonds is 4. The van der Waals surface area contributed by atoms with Gasteiger partial charge < -0.3 is 15.6 Å². The molecule has 5 aromatic rings. The molecule has 0 radical (unpaired) electrons. The van der Waals surface area contributed by atoms with Crippen LogP contribution in [0.1, 0.15) is 16.7 Å². The number of aromatic amines is 1. The Labute approximate surface area is 215 Å². The number of H-pyrrole nitrogens is 1. The van der Waals surface area contributed by atoms with Crippen LogP contribution in [0.2, 0.25) is 5.02 Å². The van der Waals surface area contributed by atoms with E-state index in [1.54, 1.807) is 27.6 Å². The summed E-state index contributed by atoms with van der Waals surface area (Å²) in [6, 6.07) is 3.81. The molecule has 0 bridgehead atoms. The van der Waals surface area contributed by atoms with Crippen molar-refractivity contribution in [3.05, 3.63) is 56.0 Å². The number of hydrogen-bond acceptors (Lipinski definition) is 7. The van der Waals surface area contributed by atoms with Crippen molar-refractivity contribution in [2.24, 2.45) is 37.6 Å². The molecular weight excluding hydrogens is 496 g/mol. The van der Waals surface area contributed by atoms with Crippen LogP contribution in [0.15, 0.2) is 34.7 Å². The minimum Gasteiger partial charge on any atom is -0.345 e. The van der Waals surface area contributed by atoms with E-state index in [9.17, 15) is 4.79 Å². The number of aromatic nitrogens is 6. The van der Waals surface area contributed by atoms with Gasteiger partial charge in [0.2, 0.25) is 5.95 Å². The number of hydrogen-bond donors (Lipinski definition) is 2. The summed E-state index contributed by atoms with van der Waals surface area (Å²) >= 11 is 8.41. The van der Waals surface area contributed by atoms with Gasteiger partial charge in [0.25, 0.3) is 5.56 Å². The van der Waals surface area contributed by atoms with Crippen molar-refractivity contribution in [1.82, 2.24) is 29.3 Å². The van der Waals surface area contributed by atoms with Crippen molar-refractivity contribution < 1.29 is 0 Å². The Morgan fingerprint density at radius 1 is 1.19 bits per heavy atom. The quantitative estimate of drug-likeness (QED) is 0.374. The fourth-order valence-corrected chi connectivity index (χ4v) is 7.16. The van der Waals surface area contributed by atoms with Crippen LogP contribution in [0, 0.1) is 24.7 Å². The minimum atomic E-state index is -0.0966. The van der Waals surface area contributed by atoms with Crippen LogP contribution in [0.25, 0.3) is 33.1 Å². The molecule has 184 valence electrons. The van der Waals surface area contributed by atoms with E-state index in [2.05, 4.69) is 25.3 Å². The van der Waals surface area contributed by atoms with Gasteiger partial charge in [0.1, 0.15) is 10.7 Å². The molecule has 4 aromatic heterocycles. The first-order chi connectivity index (χ1) is 17.3. The fourth-order valence-electron chi connectivity index (χ4n) is 5.99. The van der Waals surface area contributed by atoms with Crippen LogP contribution in [0.3, 0.4) is 0 Å². The van der Waals surface area contributed by atoms with Crippen LogP contribution in [-0.2, 0) is 14.1 Å². The standard InChI is InChI=1S/C25H25ClN8OS/c1-11-10-36-23(29-11)21(27)18-14-8-34(9-15(14)18)25-30-22-19(24(35)33(25)3)13(6-28-22)12-4-5-17-16(20(12)26)7-32(2)31-17/h4-7,10,14-15,18,21,28H,8-9,27H2,1-3H3/t14-,15+,18?,21-/m1/s1. The maximum absolute atomic E-state index is 13.6. The summed E-state index contributed by atoms with van der Waals surface area (Å²) < 4.78 is 3.39. The largest absolute Gasteiger partial charge is 0.345 e. The molecule has 1 aromatic carbocycles. The molecule has 2 aliphatic rings. The normalized spacial score (nSPS) is 22.0. The Kier molecular flexibility index (Phi) is 4.68. The summed E-state index contributed by atoms with van der Waals surface area (Å²) in [6.07, 6.45) is 3.71. The monoisotopic (exact) mass is 520 g/mol. The fraction of sp³-hybridized carbons (Fsp3) is 0.360. The molecule has 0 spiro atoms. The third kappa shape index (κ3) is 3.11. The van der Waals surface area contributed by atoms with Crippen molar-refractivity contribution in [3.63, 3.8) is 0 Å². The second-order valence-electron chi connectivity index (χ2n) is 10.0. The third-order valence-electron chi connectivity index (χ3n) is 7.80. The summed E-state index contributed by atoms with van der Waals surface area (Å²) in [5.41, 5.74) is 10.4. The van der Waals surface area contributed by atoms with Gasteiger partial charge in [-0.05, 0) is 30.7 Å². The van der Waals surface area contributed by atoms with Crippen molar-refractivity contribution in [3.8, 4) is 11.1 Å². The smallest absolute Gasteiger partial charge is 0.264 e. The average molecular weight is 521 g/mol. The van der Waals surface area contributed by atoms with Gasteiger partial charge >= 0.3 is 0 Å². The number of benzene rings is 1. The Bertz CT molecular complexity index is 1720. The molecule has 11 heteroatoms. The van der Waals surface area contributed by atoms with Crippen molar-refractivity contribution in [1.29, 1.82) is 0 Å². The van der Waals surface area contributed by atoms with Gasteiger partial charge in [-0.15, -0.1) is 11.3 Å². The molecule has 1 saturated heterocycles. The highest BCUT2D eigenvalue weighted by atomic mass is 35.5. The molecular formula is C25H25ClN8OS. The molecule has 9 nitrogen and oxygen atoms in total. The number of nitrogens with one attached hydrogen (secondary N) is 1. The predicted molar refractivity (Wildman–Crippen MR) is 143 cm³/mol. The van der Waals surface area contributed by atoms with E-state index in [0.29, 0.717) is 39.8 Å². The first kappa shape index (κ1) is 22.0. The Balaban J connectivity index is 1.20. The molecule has 3 N–H and O–H groups in total. The Morgan fingerprint density at radius 2 is 1.97 bits per heavy atom. The molecule has 1 aliphatic carbocycles. The van der Waals surface area contributed by atoms with E-state index >= 15 is 0 Å². The number of aryl methyl sites for hydroxylation is 2. The van der Waals surface area contributed by atoms with E-state index < -0.39 is 0 Å². The Hall–Kier alpha value is -3.21. The summed E-state index contributed by atoms with van der Waals surface area (Å²) in [5.74, 6) is 2.12. The summed E-state index contributed by atoms with van der Waals surface area (Å²) in [6.45, 7) is 3.69. The van der Waals surface area contributed by atoms with Gasteiger partial charge in [-0.25, -0.2) is 4.98 Å². The minimum absolute atomic E-state index is 0.0204. The molecule has 7 rings (SSSR count). The van der Waals surface area contributed by atoms with Crippen LogP contribution >= 0.6 is 22.9 Å². The third-order valence-corrected chi connectivity index (χ3v) is 9.27. The first-order valence-corrected chi connectivity index (χ1v) is 13.2. The average Bonchev–Trinajstić information content (AvgIpc) is 3.39. The highest BCUT2D eigenvalue weighted by Gasteiger charge is 2.59. The lowest BCUT2D eigenvalue weighted by atomic mass is 10.0. The lowest BCUT2D eigenvalue weighted by molar-refractivity contribution is 0.523. The van der Waals surface area contributed by atoms with Crippen LogP contribution in [-0.4, -0.2) is 42.4 Å². The van der Waals surface area contributed by atoms with Crippen LogP contribution in [0.5, 0.6) is 0 Å². The van der Waals surface area contributed by atoms with Gasteiger partial charge in [0.05, 0.1) is 22.0 Å². The first-order valence-electron chi connectivity index (χ1n) is 11.9. The topological polar surface area (TPSA) is 111 Å². The molecule has 1 unspecified atom stereocenters. The highest BCUT2D eigenvalue weighted by molar-refractivity contribution is 7.09. The zero-order valence-electron chi connectivity index (χ0n) is 20.1. The van der Waals surface area contributed by atoms with Gasteiger partial charge in [0.15, 0.2) is 0 Å². The molecule has 4 atom stereocenters. The van der Waals surface area contributed by atoms with Crippen LogP contribution < -0.4 is 16.2 Å². The summed E-state index contributed by atoms with van der Waals surface area (Å²) in [7, 11) is 3.65. The van der Waals surface area contributed by atoms with E-state index in [0.717, 1.165) is 45.8 Å². The lowest BCUT2D eigenvalue weighted by Crippen LogP contribution is -2.33. The number of halogens is 1. The summed E-state index contributed by atoms with van der Waals surface area (Å²) in [4.78, 5) is 28.5. The molecule has 36 heavy (non-hydrogen) atoms. The SMILES string of the molecule is Cc1csc([C@H](N)C2[C@H]3CN(c4nc5[nH]cc(-c6ccc7nn(C)cc7c6Cl)c5c(=O)n4C)C[C@@H]23)n1. The van der Waals surface area contributed by atoms with E-state index in [1.807, 2.05) is 38.5 Å². The molecule has 2 fully saturated rings. The maximum Gasteiger partial charge on any atom is 0.264 e. The zero-order chi connectivity index (χ0) is 24.9. The molecule has 0 amide bonds.